The summed E-state index contributed by atoms with van der Waals surface area (Å²) in [7, 11) is -2.99. The summed E-state index contributed by atoms with van der Waals surface area (Å²) in [5.74, 6) is 3.96. The van der Waals surface area contributed by atoms with Crippen LogP contribution in [0.2, 0.25) is 0 Å². The van der Waals surface area contributed by atoms with E-state index in [0.717, 1.165) is 83.2 Å². The number of nitrogens with one attached hydrogen (secondary N) is 1. The van der Waals surface area contributed by atoms with Crippen molar-refractivity contribution >= 4 is 32.9 Å². The first-order chi connectivity index (χ1) is 46.9. The van der Waals surface area contributed by atoms with Crippen LogP contribution in [0.4, 0.5) is 0 Å². The molecular formula is C83H89N4NaO9S. The van der Waals surface area contributed by atoms with Crippen LogP contribution in [0.15, 0.2) is 156 Å². The first-order valence-electron chi connectivity index (χ1n) is 35.7. The maximum Gasteiger partial charge on any atom is 1.00 e. The van der Waals surface area contributed by atoms with Crippen LogP contribution in [-0.2, 0) is 52.8 Å². The predicted molar refractivity (Wildman–Crippen MR) is 377 cm³/mol. The Morgan fingerprint density at radius 3 is 2.42 bits per heavy atom. The topological polar surface area (TPSA) is 233 Å². The molecule has 0 amide bonds. The van der Waals surface area contributed by atoms with E-state index in [0.29, 0.717) is 74.7 Å². The fourth-order valence-corrected chi connectivity index (χ4v) is 21.6. The fourth-order valence-electron chi connectivity index (χ4n) is 20.5. The van der Waals surface area contributed by atoms with Gasteiger partial charge >= 0.3 is 29.6 Å². The van der Waals surface area contributed by atoms with Gasteiger partial charge in [-0.25, -0.2) is 13.4 Å². The number of guanidine groups is 1. The second-order valence-electron chi connectivity index (χ2n) is 30.3. The Bertz CT molecular complexity index is 4500. The van der Waals surface area contributed by atoms with E-state index >= 15 is 0 Å². The number of aliphatic imine (C=N–C) groups is 1. The number of benzene rings is 7. The molecule has 98 heavy (non-hydrogen) atoms. The van der Waals surface area contributed by atoms with Gasteiger partial charge in [0.1, 0.15) is 17.6 Å². The van der Waals surface area contributed by atoms with Crippen molar-refractivity contribution in [1.82, 2.24) is 5.32 Å². The normalized spacial score (nSPS) is 31.9. The van der Waals surface area contributed by atoms with Crippen LogP contribution in [-0.4, -0.2) is 70.0 Å². The van der Waals surface area contributed by atoms with E-state index in [2.05, 4.69) is 133 Å². The van der Waals surface area contributed by atoms with E-state index in [4.69, 9.17) is 25.9 Å². The van der Waals surface area contributed by atoms with E-state index in [1.54, 1.807) is 12.1 Å². The van der Waals surface area contributed by atoms with Gasteiger partial charge in [-0.1, -0.05) is 140 Å². The summed E-state index contributed by atoms with van der Waals surface area (Å²) in [4.78, 5) is 5.41. The Kier molecular flexibility index (Phi) is 18.4. The summed E-state index contributed by atoms with van der Waals surface area (Å²) >= 11 is 0. The Hall–Kier alpha value is -6.58. The van der Waals surface area contributed by atoms with Gasteiger partial charge in [-0.3, -0.25) is 0 Å². The van der Waals surface area contributed by atoms with Crippen molar-refractivity contribution in [2.75, 3.05) is 13.7 Å². The molecule has 0 unspecified atom stereocenters. The number of nitrogens with zero attached hydrogens (tertiary/aromatic N) is 1. The summed E-state index contributed by atoms with van der Waals surface area (Å²) in [5.41, 5.74) is 26.0. The number of phenols is 1. The van der Waals surface area contributed by atoms with Gasteiger partial charge in [0.05, 0.1) is 33.2 Å². The number of allylic oxidation sites excluding steroid dienone is 1. The molecule has 18 rings (SSSR count). The second-order valence-corrected chi connectivity index (χ2v) is 31.9. The molecule has 7 aromatic rings. The van der Waals surface area contributed by atoms with E-state index in [1.165, 1.54) is 38.6 Å². The summed E-state index contributed by atoms with van der Waals surface area (Å²) in [6.07, 6.45) is 14.0. The van der Waals surface area contributed by atoms with Gasteiger partial charge in [0.15, 0.2) is 5.96 Å². The van der Waals surface area contributed by atoms with Crippen LogP contribution < -0.4 is 51.1 Å². The zero-order chi connectivity index (χ0) is 66.6. The molecule has 0 aromatic heterocycles. The average Bonchev–Trinajstić information content (AvgIpc) is 1.10. The summed E-state index contributed by atoms with van der Waals surface area (Å²) < 4.78 is 58.7. The van der Waals surface area contributed by atoms with E-state index < -0.39 is 62.6 Å². The number of phenolic OH excluding ortho intramolecular Hbond substituents is 1. The van der Waals surface area contributed by atoms with Crippen LogP contribution in [0.5, 0.6) is 11.5 Å². The number of hydrogen-bond acceptors (Lipinski definition) is 11. The smallest absolute Gasteiger partial charge is 0.748 e. The van der Waals surface area contributed by atoms with Crippen LogP contribution in [0.1, 0.15) is 191 Å². The van der Waals surface area contributed by atoms with Crippen molar-refractivity contribution < 1.29 is 72.4 Å². The number of aliphatic hydroxyl groups excluding tert-OH is 2. The Labute approximate surface area is 598 Å². The summed E-state index contributed by atoms with van der Waals surface area (Å²) in [6, 6.07) is 45.5. The number of ether oxygens (including phenoxy) is 2. The quantitative estimate of drug-likeness (QED) is 0.0179. The number of hydrogen-bond donors (Lipinski definition) is 7. The first-order valence-corrected chi connectivity index (χ1v) is 37.2. The minimum Gasteiger partial charge on any atom is -0.748 e. The molecule has 17 atom stereocenters. The molecule has 1 saturated heterocycles. The van der Waals surface area contributed by atoms with Gasteiger partial charge in [0.2, 0.25) is 5.72 Å². The molecule has 502 valence electrons. The molecule has 2 saturated carbocycles. The monoisotopic (exact) mass is 1340 g/mol. The van der Waals surface area contributed by atoms with Gasteiger partial charge in [0, 0.05) is 54.0 Å². The third-order valence-electron chi connectivity index (χ3n) is 24.9. The van der Waals surface area contributed by atoms with Gasteiger partial charge in [0.25, 0.3) is 0 Å². The van der Waals surface area contributed by atoms with E-state index in [-0.39, 0.29) is 102 Å². The van der Waals surface area contributed by atoms with Crippen molar-refractivity contribution in [1.29, 1.82) is 0 Å². The van der Waals surface area contributed by atoms with E-state index in [9.17, 15) is 33.4 Å². The Morgan fingerprint density at radius 2 is 1.62 bits per heavy atom. The molecule has 7 aromatic carbocycles. The third-order valence-corrected chi connectivity index (χ3v) is 26.2. The van der Waals surface area contributed by atoms with Crippen molar-refractivity contribution in [3.05, 3.63) is 229 Å². The molecule has 0 radical (unpaired) electrons. The second kappa shape index (κ2) is 26.7. The predicted octanol–water partition coefficient (Wildman–Crippen LogP) is 10.2. The van der Waals surface area contributed by atoms with Crippen molar-refractivity contribution in [3.8, 4) is 23.3 Å². The Morgan fingerprint density at radius 1 is 0.837 bits per heavy atom. The fraction of sp³-hybridized carbons (Fsp3) is 0.434. The molecule has 11 aliphatic rings. The summed E-state index contributed by atoms with van der Waals surface area (Å²) in [5, 5.41) is 53.4. The molecule has 9 N–H and O–H groups in total. The van der Waals surface area contributed by atoms with Crippen LogP contribution in [0.25, 0.3) is 16.8 Å². The molecule has 15 heteroatoms. The molecule has 0 spiro atoms. The average molecular weight is 1340 g/mol. The Balaban J connectivity index is 0.00000784. The maximum atomic E-state index is 14.6. The van der Waals surface area contributed by atoms with Crippen molar-refractivity contribution in [2.24, 2.45) is 57.9 Å². The number of nitrogens with two attached hydrogens (primary N) is 2. The molecule has 5 aliphatic heterocycles. The number of fused-ring (bicyclic) bond motifs is 10. The zero-order valence-electron chi connectivity index (χ0n) is 56.5. The minimum absolute atomic E-state index is 0. The molecule has 13 nitrogen and oxygen atoms in total. The number of aliphatic hydroxyl groups is 3. The van der Waals surface area contributed by atoms with Crippen LogP contribution >= 0.6 is 0 Å². The van der Waals surface area contributed by atoms with Gasteiger partial charge in [-0.2, -0.15) is 0 Å². The number of rotatable bonds is 9. The number of aromatic hydroxyl groups is 1. The molecule has 3 fully saturated rings. The standard InChI is InChI=1S/C83H90N4O9S.Na/c1-47-14-15-55-40-64-27-32-66(55)71(47)43-75(97(92,93)94)72-42-59-38-58(41-65-34-49(46-88)10-6-12-53-39-63(89)26-31-69(53)80(59)95-65)76(72)51-16-23-62(24-17-51)83(96-64,87-81(84)85)73-33-25-61-22-18-57(44-82(61,91)74(73)35-48-8-4-3-5-9-48)52-20-29-68-54(36-52)21-28-67-60(45-86-2)37-56-13-7-11-50-19-30-70(79(68)90)78(67)77(50)56;/h3-5,7-9,11,13,16-17,19-20,23-24,26-27,29-32,36-37,39-40,42,47,49,57-58,61,65,70-76,79-80,86,88-91H,10,14-15,18,21-22,25,28,33-35,38,41,43-46H2,1-2H3,(H4,84,85,87)(H,92,93,94);/q;+1/p-1/t47-,49+,57-,58-,61-,65-,70-,71+,72-,73-,74-,75-,76+,79+,80-,82+,83+;/m1./s1. The van der Waals surface area contributed by atoms with E-state index in [1.807, 2.05) is 37.4 Å². The SMILES string of the molecule is CNCc1cc2cccc3c2c2c1CCc1cc([C@@H]4CC[C@@H]5CC[C@@H]([C@@]6(N=C(N)N)Oc7ccc8c(c7)CC[C@@H](C)[C@@H]8C[C@@H](S(=O)(=O)[O-])[C@H]7C=C8C[C@H](C[C@H]9C[C@@H](CO)CC#Cc%10cc(O)ccc%10[C@@H]8O9)[C@@H]7c7ccc6cc7)[C@@H](Cc6ccccc6)[C@]5(O)C4)ccc1[C@H](O)[C@@H]2C=C3.[Na+]. The molecule has 5 heterocycles. The molecule has 10 bridgehead atoms. The van der Waals surface area contributed by atoms with Crippen molar-refractivity contribution in [3.63, 3.8) is 0 Å². The first kappa shape index (κ1) is 67.3. The molecule has 6 aliphatic carbocycles. The molecular weight excluding hydrogens is 1250 g/mol. The largest absolute Gasteiger partial charge is 1.00 e. The van der Waals surface area contributed by atoms with Crippen LogP contribution in [0, 0.1) is 53.3 Å². The van der Waals surface area contributed by atoms with Gasteiger partial charge in [-0.15, -0.1) is 0 Å². The third kappa shape index (κ3) is 12.0. The van der Waals surface area contributed by atoms with Gasteiger partial charge in [-0.05, 0) is 252 Å². The van der Waals surface area contributed by atoms with Crippen LogP contribution in [0.3, 0.4) is 0 Å². The minimum atomic E-state index is -4.98. The number of aryl methyl sites for hydroxylation is 2. The summed E-state index contributed by atoms with van der Waals surface area (Å²) in [6.45, 7) is 2.81. The van der Waals surface area contributed by atoms with Crippen molar-refractivity contribution in [2.45, 2.75) is 168 Å². The maximum absolute atomic E-state index is 14.6. The van der Waals surface area contributed by atoms with Gasteiger partial charge < -0.3 is 51.2 Å². The zero-order valence-corrected chi connectivity index (χ0v) is 59.3.